The minimum atomic E-state index is 0.542. The van der Waals surface area contributed by atoms with Gasteiger partial charge in [-0.15, -0.1) is 0 Å². The van der Waals surface area contributed by atoms with Crippen LogP contribution in [-0.2, 0) is 5.75 Å². The zero-order chi connectivity index (χ0) is 9.68. The molecule has 0 saturated carbocycles. The van der Waals surface area contributed by atoms with Gasteiger partial charge in [0.2, 0.25) is 0 Å². The van der Waals surface area contributed by atoms with Crippen LogP contribution in [0.3, 0.4) is 0 Å². The normalized spacial score (nSPS) is 10.8. The van der Waals surface area contributed by atoms with E-state index in [1.54, 1.807) is 11.9 Å². The summed E-state index contributed by atoms with van der Waals surface area (Å²) < 4.78 is 4.45. The van der Waals surface area contributed by atoms with E-state index in [-0.39, 0.29) is 0 Å². The van der Waals surface area contributed by atoms with Gasteiger partial charge in [-0.2, -0.15) is 0 Å². The van der Waals surface area contributed by atoms with Gasteiger partial charge in [-0.1, -0.05) is 40.0 Å². The van der Waals surface area contributed by atoms with Crippen LogP contribution in [-0.4, -0.2) is 6.04 Å². The molecule has 1 aromatic carbocycles. The van der Waals surface area contributed by atoms with Crippen molar-refractivity contribution in [1.29, 1.82) is 0 Å². The summed E-state index contributed by atoms with van der Waals surface area (Å²) in [6.45, 7) is 4.29. The molecule has 0 aliphatic heterocycles. The molecule has 0 fully saturated rings. The van der Waals surface area contributed by atoms with Crippen molar-refractivity contribution in [2.24, 2.45) is 0 Å². The Morgan fingerprint density at radius 1 is 1.31 bits per heavy atom. The fraction of sp³-hybridized carbons (Fsp3) is 0.400. The van der Waals surface area contributed by atoms with E-state index in [2.05, 4.69) is 58.8 Å². The average Bonchev–Trinajstić information content (AvgIpc) is 2.08. The number of nitrogens with one attached hydrogen (secondary N) is 1. The van der Waals surface area contributed by atoms with Gasteiger partial charge in [0, 0.05) is 16.3 Å². The molecule has 0 aliphatic rings. The van der Waals surface area contributed by atoms with Gasteiger partial charge in [-0.3, -0.25) is 4.72 Å². The Hall–Kier alpha value is 0.01000. The maximum absolute atomic E-state index is 3.41. The van der Waals surface area contributed by atoms with Crippen LogP contribution in [0.5, 0.6) is 0 Å². The summed E-state index contributed by atoms with van der Waals surface area (Å²) in [4.78, 5) is 0. The Balaban J connectivity index is 2.33. The van der Waals surface area contributed by atoms with E-state index in [4.69, 9.17) is 0 Å². The maximum Gasteiger partial charge on any atom is 0.0330 e. The first-order valence-corrected chi connectivity index (χ1v) is 6.08. The van der Waals surface area contributed by atoms with E-state index in [9.17, 15) is 0 Å². The molecular weight excluding hydrogens is 246 g/mol. The zero-order valence-corrected chi connectivity index (χ0v) is 10.3. The summed E-state index contributed by atoms with van der Waals surface area (Å²) >= 11 is 5.17. The van der Waals surface area contributed by atoms with Crippen LogP contribution < -0.4 is 4.72 Å². The molecule has 72 valence electrons. The van der Waals surface area contributed by atoms with Gasteiger partial charge in [-0.05, 0) is 31.5 Å². The summed E-state index contributed by atoms with van der Waals surface area (Å²) in [5.74, 6) is 1.02. The SMILES string of the molecule is CC(C)NSCc1ccc(Br)cc1. The number of hydrogen-bond donors (Lipinski definition) is 1. The Bertz CT molecular complexity index is 246. The molecule has 0 heterocycles. The Morgan fingerprint density at radius 2 is 1.92 bits per heavy atom. The van der Waals surface area contributed by atoms with Crippen molar-refractivity contribution in [2.75, 3.05) is 0 Å². The van der Waals surface area contributed by atoms with Crippen LogP contribution in [0.15, 0.2) is 28.7 Å². The predicted octanol–water partition coefficient (Wildman–Crippen LogP) is 3.60. The topological polar surface area (TPSA) is 12.0 Å². The summed E-state index contributed by atoms with van der Waals surface area (Å²) in [5.41, 5.74) is 1.35. The highest BCUT2D eigenvalue weighted by atomic mass is 79.9. The third-order valence-corrected chi connectivity index (χ3v) is 3.12. The van der Waals surface area contributed by atoms with Crippen LogP contribution in [0.1, 0.15) is 19.4 Å². The van der Waals surface area contributed by atoms with Crippen molar-refractivity contribution in [3.8, 4) is 0 Å². The quantitative estimate of drug-likeness (QED) is 0.830. The predicted molar refractivity (Wildman–Crippen MR) is 63.7 cm³/mol. The van der Waals surface area contributed by atoms with Gasteiger partial charge in [0.1, 0.15) is 0 Å². The summed E-state index contributed by atoms with van der Waals surface area (Å²) in [6, 6.07) is 8.97. The molecule has 0 spiro atoms. The van der Waals surface area contributed by atoms with E-state index < -0.39 is 0 Å². The van der Waals surface area contributed by atoms with Crippen LogP contribution >= 0.6 is 27.9 Å². The lowest BCUT2D eigenvalue weighted by Crippen LogP contribution is -2.14. The fourth-order valence-corrected chi connectivity index (χ4v) is 1.91. The van der Waals surface area contributed by atoms with Crippen LogP contribution in [0.4, 0.5) is 0 Å². The molecule has 1 aromatic rings. The molecule has 1 N–H and O–H groups in total. The Kier molecular flexibility index (Phi) is 4.84. The van der Waals surface area contributed by atoms with E-state index >= 15 is 0 Å². The third-order valence-electron chi connectivity index (χ3n) is 1.47. The number of halogens is 1. The Morgan fingerprint density at radius 3 is 2.46 bits per heavy atom. The Labute approximate surface area is 92.6 Å². The van der Waals surface area contributed by atoms with E-state index in [1.807, 2.05) is 0 Å². The van der Waals surface area contributed by atoms with Crippen molar-refractivity contribution in [1.82, 2.24) is 4.72 Å². The van der Waals surface area contributed by atoms with Crippen molar-refractivity contribution >= 4 is 27.9 Å². The highest BCUT2D eigenvalue weighted by molar-refractivity contribution is 9.10. The first-order valence-electron chi connectivity index (χ1n) is 4.30. The fourth-order valence-electron chi connectivity index (χ4n) is 0.872. The molecule has 0 aliphatic carbocycles. The molecule has 0 atom stereocenters. The van der Waals surface area contributed by atoms with Crippen LogP contribution in [0, 0.1) is 0 Å². The molecule has 0 radical (unpaired) electrons. The molecule has 0 unspecified atom stereocenters. The smallest absolute Gasteiger partial charge is 0.0330 e. The van der Waals surface area contributed by atoms with Crippen molar-refractivity contribution in [3.05, 3.63) is 34.3 Å². The van der Waals surface area contributed by atoms with Gasteiger partial charge in [0.25, 0.3) is 0 Å². The second kappa shape index (κ2) is 5.68. The van der Waals surface area contributed by atoms with Gasteiger partial charge in [0.15, 0.2) is 0 Å². The third kappa shape index (κ3) is 4.69. The van der Waals surface area contributed by atoms with Gasteiger partial charge >= 0.3 is 0 Å². The minimum Gasteiger partial charge on any atom is -0.261 e. The molecular formula is C10H14BrNS. The van der Waals surface area contributed by atoms with Gasteiger partial charge < -0.3 is 0 Å². The zero-order valence-electron chi connectivity index (χ0n) is 7.88. The number of rotatable bonds is 4. The van der Waals surface area contributed by atoms with Crippen molar-refractivity contribution in [2.45, 2.75) is 25.6 Å². The first kappa shape index (κ1) is 11.1. The summed E-state index contributed by atoms with van der Waals surface area (Å²) in [5, 5.41) is 0. The average molecular weight is 260 g/mol. The largest absolute Gasteiger partial charge is 0.261 e. The van der Waals surface area contributed by atoms with E-state index in [1.165, 1.54) is 5.56 Å². The molecule has 3 heteroatoms. The molecule has 0 saturated heterocycles. The van der Waals surface area contributed by atoms with Crippen molar-refractivity contribution < 1.29 is 0 Å². The van der Waals surface area contributed by atoms with E-state index in [0.717, 1.165) is 10.2 Å². The summed E-state index contributed by atoms with van der Waals surface area (Å²) in [7, 11) is 0. The second-order valence-corrected chi connectivity index (χ2v) is 4.92. The molecule has 13 heavy (non-hydrogen) atoms. The summed E-state index contributed by atoms with van der Waals surface area (Å²) in [6.07, 6.45) is 0. The molecule has 1 rings (SSSR count). The lowest BCUT2D eigenvalue weighted by Gasteiger charge is -2.06. The lowest BCUT2D eigenvalue weighted by atomic mass is 10.2. The number of hydrogen-bond acceptors (Lipinski definition) is 2. The van der Waals surface area contributed by atoms with Crippen LogP contribution in [0.25, 0.3) is 0 Å². The number of benzene rings is 1. The maximum atomic E-state index is 3.41. The molecule has 0 amide bonds. The minimum absolute atomic E-state index is 0.542. The lowest BCUT2D eigenvalue weighted by molar-refractivity contribution is 0.770. The van der Waals surface area contributed by atoms with Gasteiger partial charge in [0.05, 0.1) is 0 Å². The molecule has 1 nitrogen and oxygen atoms in total. The highest BCUT2D eigenvalue weighted by Gasteiger charge is 1.95. The molecule has 0 bridgehead atoms. The first-order chi connectivity index (χ1) is 6.18. The highest BCUT2D eigenvalue weighted by Crippen LogP contribution is 2.14. The molecule has 0 aromatic heterocycles. The van der Waals surface area contributed by atoms with Gasteiger partial charge in [-0.25, -0.2) is 0 Å². The van der Waals surface area contributed by atoms with Crippen LogP contribution in [0.2, 0.25) is 0 Å². The second-order valence-electron chi connectivity index (χ2n) is 3.19. The van der Waals surface area contributed by atoms with Crippen molar-refractivity contribution in [3.63, 3.8) is 0 Å². The monoisotopic (exact) mass is 259 g/mol. The standard InChI is InChI=1S/C10H14BrNS/c1-8(2)12-13-7-9-3-5-10(11)6-4-9/h3-6,8,12H,7H2,1-2H3. The van der Waals surface area contributed by atoms with E-state index in [0.29, 0.717) is 6.04 Å².